The average Bonchev–Trinajstić information content (AvgIpc) is 2.55. The van der Waals surface area contributed by atoms with Crippen LogP contribution in [0.4, 0.5) is 0 Å². The SMILES string of the molecule is COc1ccc(C(=O)N(C)Cc2ccc(Cl)cc2)cc1OC. The number of hydrogen-bond acceptors (Lipinski definition) is 3. The molecule has 0 aromatic heterocycles. The van der Waals surface area contributed by atoms with Gasteiger partial charge in [-0.25, -0.2) is 0 Å². The Kier molecular flexibility index (Phi) is 5.28. The van der Waals surface area contributed by atoms with Gasteiger partial charge in [0.25, 0.3) is 5.91 Å². The van der Waals surface area contributed by atoms with Crippen LogP contribution in [0, 0.1) is 0 Å². The van der Waals surface area contributed by atoms with Crippen LogP contribution >= 0.6 is 11.6 Å². The van der Waals surface area contributed by atoms with Crippen molar-refractivity contribution in [1.29, 1.82) is 0 Å². The second-order valence-electron chi connectivity index (χ2n) is 4.86. The number of hydrogen-bond donors (Lipinski definition) is 0. The van der Waals surface area contributed by atoms with Crippen molar-refractivity contribution in [3.63, 3.8) is 0 Å². The van der Waals surface area contributed by atoms with E-state index in [1.54, 1.807) is 44.4 Å². The monoisotopic (exact) mass is 319 g/mol. The molecule has 0 spiro atoms. The van der Waals surface area contributed by atoms with Gasteiger partial charge in [0.2, 0.25) is 0 Å². The van der Waals surface area contributed by atoms with Crippen molar-refractivity contribution in [2.24, 2.45) is 0 Å². The fourth-order valence-electron chi connectivity index (χ4n) is 2.13. The molecule has 0 saturated heterocycles. The molecule has 5 heteroatoms. The number of carbonyl (C=O) groups excluding carboxylic acids is 1. The zero-order valence-corrected chi connectivity index (χ0v) is 13.6. The lowest BCUT2D eigenvalue weighted by Crippen LogP contribution is -2.26. The molecular weight excluding hydrogens is 302 g/mol. The van der Waals surface area contributed by atoms with Crippen LogP contribution in [0.1, 0.15) is 15.9 Å². The Morgan fingerprint density at radius 2 is 1.68 bits per heavy atom. The minimum atomic E-state index is -0.0871. The number of ether oxygens (including phenoxy) is 2. The second-order valence-corrected chi connectivity index (χ2v) is 5.29. The zero-order chi connectivity index (χ0) is 16.1. The summed E-state index contributed by atoms with van der Waals surface area (Å²) in [5.41, 5.74) is 1.56. The summed E-state index contributed by atoms with van der Waals surface area (Å²) in [7, 11) is 4.86. The molecule has 2 aromatic carbocycles. The first-order valence-electron chi connectivity index (χ1n) is 6.77. The maximum Gasteiger partial charge on any atom is 0.254 e. The fourth-order valence-corrected chi connectivity index (χ4v) is 2.25. The van der Waals surface area contributed by atoms with Gasteiger partial charge in [-0.3, -0.25) is 4.79 Å². The second kappa shape index (κ2) is 7.18. The normalized spacial score (nSPS) is 10.2. The molecule has 0 saturated carbocycles. The molecule has 0 bridgehead atoms. The van der Waals surface area contributed by atoms with Crippen LogP contribution in [-0.4, -0.2) is 32.1 Å². The molecule has 0 aliphatic rings. The minimum Gasteiger partial charge on any atom is -0.493 e. The lowest BCUT2D eigenvalue weighted by atomic mass is 10.1. The number of methoxy groups -OCH3 is 2. The zero-order valence-electron chi connectivity index (χ0n) is 12.8. The molecule has 4 nitrogen and oxygen atoms in total. The predicted molar refractivity (Wildman–Crippen MR) is 86.8 cm³/mol. The van der Waals surface area contributed by atoms with Crippen LogP contribution < -0.4 is 9.47 Å². The topological polar surface area (TPSA) is 38.8 Å². The van der Waals surface area contributed by atoms with Gasteiger partial charge in [0.1, 0.15) is 0 Å². The van der Waals surface area contributed by atoms with Gasteiger partial charge in [0.15, 0.2) is 11.5 Å². The third-order valence-electron chi connectivity index (χ3n) is 3.31. The Morgan fingerprint density at radius 3 is 2.27 bits per heavy atom. The number of benzene rings is 2. The number of amides is 1. The molecule has 0 aliphatic carbocycles. The van der Waals surface area contributed by atoms with E-state index in [1.165, 1.54) is 0 Å². The first-order valence-corrected chi connectivity index (χ1v) is 7.15. The van der Waals surface area contributed by atoms with E-state index in [0.717, 1.165) is 5.56 Å². The number of nitrogens with zero attached hydrogens (tertiary/aromatic N) is 1. The van der Waals surface area contributed by atoms with E-state index in [-0.39, 0.29) is 5.91 Å². The fraction of sp³-hybridized carbons (Fsp3) is 0.235. The van der Waals surface area contributed by atoms with E-state index in [0.29, 0.717) is 28.6 Å². The third kappa shape index (κ3) is 3.71. The highest BCUT2D eigenvalue weighted by Gasteiger charge is 2.15. The van der Waals surface area contributed by atoms with Gasteiger partial charge >= 0.3 is 0 Å². The molecule has 2 aromatic rings. The number of rotatable bonds is 5. The van der Waals surface area contributed by atoms with Crippen molar-refractivity contribution in [2.45, 2.75) is 6.54 Å². The Morgan fingerprint density at radius 1 is 1.05 bits per heavy atom. The van der Waals surface area contributed by atoms with Crippen molar-refractivity contribution in [3.8, 4) is 11.5 Å². The molecule has 0 aliphatic heterocycles. The molecule has 0 atom stereocenters. The van der Waals surface area contributed by atoms with Gasteiger partial charge in [-0.15, -0.1) is 0 Å². The largest absolute Gasteiger partial charge is 0.493 e. The summed E-state index contributed by atoms with van der Waals surface area (Å²) >= 11 is 5.86. The van der Waals surface area contributed by atoms with E-state index in [9.17, 15) is 4.79 Å². The summed E-state index contributed by atoms with van der Waals surface area (Å²) in [6, 6.07) is 12.6. The number of halogens is 1. The van der Waals surface area contributed by atoms with Crippen LogP contribution in [0.5, 0.6) is 11.5 Å². The standard InChI is InChI=1S/C17H18ClNO3/c1-19(11-12-4-7-14(18)8-5-12)17(20)13-6-9-15(21-2)16(10-13)22-3/h4-10H,11H2,1-3H3. The maximum atomic E-state index is 12.5. The molecule has 0 heterocycles. The van der Waals surface area contributed by atoms with Crippen LogP contribution in [0.3, 0.4) is 0 Å². The van der Waals surface area contributed by atoms with E-state index in [4.69, 9.17) is 21.1 Å². The lowest BCUT2D eigenvalue weighted by molar-refractivity contribution is 0.0784. The Bertz CT molecular complexity index is 655. The van der Waals surface area contributed by atoms with Gasteiger partial charge in [0.05, 0.1) is 14.2 Å². The Balaban J connectivity index is 2.14. The molecule has 22 heavy (non-hydrogen) atoms. The van der Waals surface area contributed by atoms with E-state index in [2.05, 4.69) is 0 Å². The first-order chi connectivity index (χ1) is 10.5. The van der Waals surface area contributed by atoms with E-state index >= 15 is 0 Å². The summed E-state index contributed by atoms with van der Waals surface area (Å²) in [6.45, 7) is 0.504. The van der Waals surface area contributed by atoms with Crippen LogP contribution in [-0.2, 0) is 6.54 Å². The van der Waals surface area contributed by atoms with Crippen molar-refractivity contribution in [3.05, 3.63) is 58.6 Å². The summed E-state index contributed by atoms with van der Waals surface area (Å²) in [6.07, 6.45) is 0. The Labute approximate surface area is 135 Å². The minimum absolute atomic E-state index is 0.0871. The molecule has 0 fully saturated rings. The highest BCUT2D eigenvalue weighted by Crippen LogP contribution is 2.28. The van der Waals surface area contributed by atoms with Crippen molar-refractivity contribution < 1.29 is 14.3 Å². The van der Waals surface area contributed by atoms with Gasteiger partial charge < -0.3 is 14.4 Å². The predicted octanol–water partition coefficient (Wildman–Crippen LogP) is 3.63. The summed E-state index contributed by atoms with van der Waals surface area (Å²) < 4.78 is 10.4. The van der Waals surface area contributed by atoms with Gasteiger partial charge in [-0.1, -0.05) is 23.7 Å². The smallest absolute Gasteiger partial charge is 0.254 e. The average molecular weight is 320 g/mol. The molecule has 2 rings (SSSR count). The van der Waals surface area contributed by atoms with Crippen molar-refractivity contribution >= 4 is 17.5 Å². The molecule has 0 N–H and O–H groups in total. The third-order valence-corrected chi connectivity index (χ3v) is 3.56. The molecule has 1 amide bonds. The molecule has 0 unspecified atom stereocenters. The highest BCUT2D eigenvalue weighted by atomic mass is 35.5. The Hall–Kier alpha value is -2.20. The van der Waals surface area contributed by atoms with Gasteiger partial charge in [-0.2, -0.15) is 0 Å². The van der Waals surface area contributed by atoms with Crippen molar-refractivity contribution in [1.82, 2.24) is 4.90 Å². The first kappa shape index (κ1) is 16.2. The summed E-state index contributed by atoms with van der Waals surface area (Å²) in [5.74, 6) is 1.04. The molecular formula is C17H18ClNO3. The summed E-state index contributed by atoms with van der Waals surface area (Å²) in [4.78, 5) is 14.1. The van der Waals surface area contributed by atoms with Gasteiger partial charge in [-0.05, 0) is 35.9 Å². The van der Waals surface area contributed by atoms with E-state index < -0.39 is 0 Å². The van der Waals surface area contributed by atoms with Crippen molar-refractivity contribution in [2.75, 3.05) is 21.3 Å². The summed E-state index contributed by atoms with van der Waals surface area (Å²) in [5, 5.41) is 0.678. The lowest BCUT2D eigenvalue weighted by Gasteiger charge is -2.18. The van der Waals surface area contributed by atoms with Crippen LogP contribution in [0.15, 0.2) is 42.5 Å². The highest BCUT2D eigenvalue weighted by molar-refractivity contribution is 6.30. The van der Waals surface area contributed by atoms with E-state index in [1.807, 2.05) is 24.3 Å². The van der Waals surface area contributed by atoms with Crippen LogP contribution in [0.25, 0.3) is 0 Å². The number of carbonyl (C=O) groups is 1. The van der Waals surface area contributed by atoms with Crippen LogP contribution in [0.2, 0.25) is 5.02 Å². The molecule has 0 radical (unpaired) electrons. The quantitative estimate of drug-likeness (QED) is 0.844. The molecule has 116 valence electrons. The van der Waals surface area contributed by atoms with Gasteiger partial charge in [0, 0.05) is 24.2 Å². The maximum absolute atomic E-state index is 12.5.